The molecule has 3 rings (SSSR count). The summed E-state index contributed by atoms with van der Waals surface area (Å²) in [6.45, 7) is 4.26. The van der Waals surface area contributed by atoms with Crippen LogP contribution < -0.4 is 15.0 Å². The lowest BCUT2D eigenvalue weighted by Gasteiger charge is -2.26. The molecule has 0 bridgehead atoms. The Labute approximate surface area is 177 Å². The van der Waals surface area contributed by atoms with Crippen molar-refractivity contribution in [1.82, 2.24) is 5.32 Å². The minimum Gasteiger partial charge on any atom is -0.484 e. The first-order valence-electron chi connectivity index (χ1n) is 9.96. The summed E-state index contributed by atoms with van der Waals surface area (Å²) in [5, 5.41) is 2.89. The zero-order valence-electron chi connectivity index (χ0n) is 17.2. The Hall–Kier alpha value is -3.60. The van der Waals surface area contributed by atoms with E-state index >= 15 is 0 Å². The van der Waals surface area contributed by atoms with Gasteiger partial charge in [0.15, 0.2) is 6.61 Å². The van der Waals surface area contributed by atoms with Crippen LogP contribution in [0.1, 0.15) is 29.8 Å². The van der Waals surface area contributed by atoms with Crippen molar-refractivity contribution in [3.8, 4) is 5.75 Å². The molecule has 0 heterocycles. The molecule has 0 unspecified atom stereocenters. The first-order valence-corrected chi connectivity index (χ1v) is 9.96. The highest BCUT2D eigenvalue weighted by Crippen LogP contribution is 2.18. The van der Waals surface area contributed by atoms with Crippen molar-refractivity contribution in [3.63, 3.8) is 0 Å². The lowest BCUT2D eigenvalue weighted by molar-refractivity contribution is -0.120. The van der Waals surface area contributed by atoms with E-state index < -0.39 is 0 Å². The molecule has 154 valence electrons. The van der Waals surface area contributed by atoms with E-state index in [1.54, 1.807) is 29.2 Å². The Kier molecular flexibility index (Phi) is 7.22. The van der Waals surface area contributed by atoms with Crippen LogP contribution in [0.25, 0.3) is 0 Å². The maximum Gasteiger partial charge on any atom is 0.265 e. The molecular formula is C25H26N2O3. The summed E-state index contributed by atoms with van der Waals surface area (Å²) in [5.41, 5.74) is 2.34. The topological polar surface area (TPSA) is 58.6 Å². The molecule has 0 aromatic heterocycles. The van der Waals surface area contributed by atoms with Gasteiger partial charge in [0, 0.05) is 23.8 Å². The van der Waals surface area contributed by atoms with E-state index in [0.717, 1.165) is 11.3 Å². The van der Waals surface area contributed by atoms with E-state index in [1.165, 1.54) is 0 Å². The minimum atomic E-state index is -0.191. The van der Waals surface area contributed by atoms with Crippen molar-refractivity contribution in [2.45, 2.75) is 26.4 Å². The molecule has 0 saturated carbocycles. The molecule has 2 amide bonds. The molecule has 0 aliphatic heterocycles. The van der Waals surface area contributed by atoms with Crippen molar-refractivity contribution in [2.75, 3.05) is 11.5 Å². The molecule has 3 aromatic carbocycles. The molecule has 1 N–H and O–H groups in total. The summed E-state index contributed by atoms with van der Waals surface area (Å²) in [6, 6.07) is 26.1. The van der Waals surface area contributed by atoms with Crippen molar-refractivity contribution >= 4 is 17.5 Å². The Morgan fingerprint density at radius 1 is 0.900 bits per heavy atom. The number of hydrogen-bond donors (Lipinski definition) is 1. The maximum atomic E-state index is 12.8. The number of para-hydroxylation sites is 1. The zero-order valence-corrected chi connectivity index (χ0v) is 17.2. The fraction of sp³-hybridized carbons (Fsp3) is 0.200. The second kappa shape index (κ2) is 10.3. The van der Waals surface area contributed by atoms with Gasteiger partial charge in [-0.3, -0.25) is 9.59 Å². The summed E-state index contributed by atoms with van der Waals surface area (Å²) in [7, 11) is 0. The molecular weight excluding hydrogens is 376 g/mol. The normalized spacial score (nSPS) is 10.5. The van der Waals surface area contributed by atoms with E-state index in [9.17, 15) is 9.59 Å². The van der Waals surface area contributed by atoms with Crippen LogP contribution in [-0.2, 0) is 11.3 Å². The SMILES string of the molecule is CC(C)N(C(=O)COc1cccc(C(=O)NCc2ccccc2)c1)c1ccccc1. The van der Waals surface area contributed by atoms with E-state index in [4.69, 9.17) is 4.74 Å². The van der Waals surface area contributed by atoms with E-state index in [1.807, 2.05) is 74.5 Å². The first-order chi connectivity index (χ1) is 14.5. The van der Waals surface area contributed by atoms with Crippen molar-refractivity contribution in [2.24, 2.45) is 0 Å². The number of carbonyl (C=O) groups is 2. The first kappa shape index (κ1) is 21.1. The Morgan fingerprint density at radius 3 is 2.23 bits per heavy atom. The van der Waals surface area contributed by atoms with Crippen molar-refractivity contribution in [1.29, 1.82) is 0 Å². The van der Waals surface area contributed by atoms with Gasteiger partial charge in [-0.2, -0.15) is 0 Å². The summed E-state index contributed by atoms with van der Waals surface area (Å²) in [5.74, 6) is 0.145. The summed E-state index contributed by atoms with van der Waals surface area (Å²) in [6.07, 6.45) is 0. The monoisotopic (exact) mass is 402 g/mol. The van der Waals surface area contributed by atoms with Gasteiger partial charge in [-0.15, -0.1) is 0 Å². The third-order valence-electron chi connectivity index (χ3n) is 4.57. The molecule has 0 aliphatic rings. The van der Waals surface area contributed by atoms with Gasteiger partial charge in [-0.1, -0.05) is 54.6 Å². The molecule has 0 aliphatic carbocycles. The molecule has 0 saturated heterocycles. The van der Waals surface area contributed by atoms with Crippen LogP contribution in [-0.4, -0.2) is 24.5 Å². The number of rotatable bonds is 8. The van der Waals surface area contributed by atoms with Gasteiger partial charge in [-0.05, 0) is 49.7 Å². The molecule has 0 fully saturated rings. The summed E-state index contributed by atoms with van der Waals surface area (Å²) in [4.78, 5) is 26.9. The van der Waals surface area contributed by atoms with Gasteiger partial charge < -0.3 is 15.0 Å². The van der Waals surface area contributed by atoms with E-state index in [-0.39, 0.29) is 24.5 Å². The van der Waals surface area contributed by atoms with Gasteiger partial charge in [0.05, 0.1) is 0 Å². The average molecular weight is 402 g/mol. The van der Waals surface area contributed by atoms with Gasteiger partial charge in [-0.25, -0.2) is 0 Å². The quantitative estimate of drug-likeness (QED) is 0.606. The van der Waals surface area contributed by atoms with Crippen LogP contribution >= 0.6 is 0 Å². The van der Waals surface area contributed by atoms with Crippen LogP contribution in [0, 0.1) is 0 Å². The largest absolute Gasteiger partial charge is 0.484 e. The summed E-state index contributed by atoms with van der Waals surface area (Å²) < 4.78 is 5.70. The van der Waals surface area contributed by atoms with Gasteiger partial charge >= 0.3 is 0 Å². The molecule has 5 heteroatoms. The molecule has 30 heavy (non-hydrogen) atoms. The van der Waals surface area contributed by atoms with E-state index in [2.05, 4.69) is 5.32 Å². The van der Waals surface area contributed by atoms with Crippen LogP contribution in [0.4, 0.5) is 5.69 Å². The predicted octanol–water partition coefficient (Wildman–Crippen LogP) is 4.44. The average Bonchev–Trinajstić information content (AvgIpc) is 2.77. The number of nitrogens with zero attached hydrogens (tertiary/aromatic N) is 1. The van der Waals surface area contributed by atoms with Crippen LogP contribution in [0.3, 0.4) is 0 Å². The number of nitrogens with one attached hydrogen (secondary N) is 1. The summed E-state index contributed by atoms with van der Waals surface area (Å²) >= 11 is 0. The van der Waals surface area contributed by atoms with Crippen LogP contribution in [0.5, 0.6) is 5.75 Å². The lowest BCUT2D eigenvalue weighted by Crippen LogP contribution is -2.40. The Balaban J connectivity index is 1.60. The number of anilines is 1. The Morgan fingerprint density at radius 2 is 1.57 bits per heavy atom. The molecule has 5 nitrogen and oxygen atoms in total. The minimum absolute atomic E-state index is 0.00130. The third kappa shape index (κ3) is 5.70. The number of benzene rings is 3. The highest BCUT2D eigenvalue weighted by atomic mass is 16.5. The standard InChI is InChI=1S/C25H26N2O3/c1-19(2)27(22-13-7-4-8-14-22)24(28)18-30-23-15-9-12-21(16-23)25(29)26-17-20-10-5-3-6-11-20/h3-16,19H,17-18H2,1-2H3,(H,26,29). The number of ether oxygens (including phenoxy) is 1. The molecule has 0 radical (unpaired) electrons. The Bertz CT molecular complexity index is 972. The number of carbonyl (C=O) groups excluding carboxylic acids is 2. The third-order valence-corrected chi connectivity index (χ3v) is 4.57. The smallest absolute Gasteiger partial charge is 0.265 e. The highest BCUT2D eigenvalue weighted by molar-refractivity contribution is 5.95. The maximum absolute atomic E-state index is 12.8. The van der Waals surface area contributed by atoms with E-state index in [0.29, 0.717) is 17.9 Å². The van der Waals surface area contributed by atoms with Gasteiger partial charge in [0.1, 0.15) is 5.75 Å². The van der Waals surface area contributed by atoms with Gasteiger partial charge in [0.2, 0.25) is 0 Å². The molecule has 0 atom stereocenters. The van der Waals surface area contributed by atoms with Crippen molar-refractivity contribution < 1.29 is 14.3 Å². The highest BCUT2D eigenvalue weighted by Gasteiger charge is 2.19. The molecule has 0 spiro atoms. The fourth-order valence-electron chi connectivity index (χ4n) is 3.14. The molecule has 3 aromatic rings. The second-order valence-electron chi connectivity index (χ2n) is 7.18. The number of hydrogen-bond acceptors (Lipinski definition) is 3. The van der Waals surface area contributed by atoms with Crippen molar-refractivity contribution in [3.05, 3.63) is 96.1 Å². The van der Waals surface area contributed by atoms with Crippen LogP contribution in [0.2, 0.25) is 0 Å². The van der Waals surface area contributed by atoms with Gasteiger partial charge in [0.25, 0.3) is 11.8 Å². The fourth-order valence-corrected chi connectivity index (χ4v) is 3.14. The lowest BCUT2D eigenvalue weighted by atomic mass is 10.2. The predicted molar refractivity (Wildman–Crippen MR) is 119 cm³/mol. The number of amides is 2. The second-order valence-corrected chi connectivity index (χ2v) is 7.18. The zero-order chi connectivity index (χ0) is 21.3. The van der Waals surface area contributed by atoms with Crippen LogP contribution in [0.15, 0.2) is 84.9 Å².